The summed E-state index contributed by atoms with van der Waals surface area (Å²) in [5, 5.41) is 0. The van der Waals surface area contributed by atoms with Crippen LogP contribution in [-0.4, -0.2) is 6.04 Å². The molecule has 0 amide bonds. The van der Waals surface area contributed by atoms with Crippen LogP contribution >= 0.6 is 0 Å². The predicted molar refractivity (Wildman–Crippen MR) is 49.3 cm³/mol. The molecule has 1 aliphatic carbocycles. The van der Waals surface area contributed by atoms with Crippen LogP contribution in [0.3, 0.4) is 0 Å². The van der Waals surface area contributed by atoms with Crippen molar-refractivity contribution in [2.24, 2.45) is 23.5 Å². The molecule has 1 rings (SSSR count). The highest BCUT2D eigenvalue weighted by molar-refractivity contribution is 4.82. The molecule has 0 bridgehead atoms. The van der Waals surface area contributed by atoms with Crippen molar-refractivity contribution in [1.29, 1.82) is 0 Å². The summed E-state index contributed by atoms with van der Waals surface area (Å²) < 4.78 is 0. The van der Waals surface area contributed by atoms with Crippen molar-refractivity contribution in [3.05, 3.63) is 0 Å². The van der Waals surface area contributed by atoms with E-state index in [1.165, 1.54) is 19.3 Å². The molecule has 1 aliphatic rings. The molecule has 0 saturated heterocycles. The van der Waals surface area contributed by atoms with E-state index >= 15 is 0 Å². The van der Waals surface area contributed by atoms with Crippen molar-refractivity contribution < 1.29 is 0 Å². The first-order valence-electron chi connectivity index (χ1n) is 4.87. The summed E-state index contributed by atoms with van der Waals surface area (Å²) in [4.78, 5) is 0. The zero-order chi connectivity index (χ0) is 8.43. The summed E-state index contributed by atoms with van der Waals surface area (Å²) in [6.45, 7) is 6.90. The maximum Gasteiger partial charge on any atom is 0.00721 e. The van der Waals surface area contributed by atoms with Gasteiger partial charge in [0, 0.05) is 6.04 Å². The Morgan fingerprint density at radius 1 is 1.27 bits per heavy atom. The van der Waals surface area contributed by atoms with Crippen LogP contribution in [-0.2, 0) is 0 Å². The molecule has 11 heavy (non-hydrogen) atoms. The monoisotopic (exact) mass is 155 g/mol. The van der Waals surface area contributed by atoms with Crippen molar-refractivity contribution in [2.75, 3.05) is 0 Å². The van der Waals surface area contributed by atoms with Gasteiger partial charge in [0.1, 0.15) is 0 Å². The van der Waals surface area contributed by atoms with Gasteiger partial charge in [-0.1, -0.05) is 27.2 Å². The Labute approximate surface area is 70.4 Å². The maximum atomic E-state index is 6.07. The van der Waals surface area contributed by atoms with Gasteiger partial charge in [-0.25, -0.2) is 0 Å². The zero-order valence-corrected chi connectivity index (χ0v) is 8.01. The molecule has 3 atom stereocenters. The van der Waals surface area contributed by atoms with Gasteiger partial charge >= 0.3 is 0 Å². The van der Waals surface area contributed by atoms with Gasteiger partial charge in [0.2, 0.25) is 0 Å². The van der Waals surface area contributed by atoms with Gasteiger partial charge in [-0.3, -0.25) is 0 Å². The van der Waals surface area contributed by atoms with Crippen LogP contribution in [0.1, 0.15) is 40.0 Å². The van der Waals surface area contributed by atoms with Gasteiger partial charge in [-0.05, 0) is 30.6 Å². The summed E-state index contributed by atoms with van der Waals surface area (Å²) in [6, 6.07) is 0.471. The highest BCUT2D eigenvalue weighted by Gasteiger charge is 2.27. The van der Waals surface area contributed by atoms with Crippen molar-refractivity contribution in [2.45, 2.75) is 46.1 Å². The van der Waals surface area contributed by atoms with E-state index in [1.807, 2.05) is 0 Å². The molecular weight excluding hydrogens is 134 g/mol. The van der Waals surface area contributed by atoms with Gasteiger partial charge in [0.05, 0.1) is 0 Å². The average molecular weight is 155 g/mol. The number of hydrogen-bond acceptors (Lipinski definition) is 1. The summed E-state index contributed by atoms with van der Waals surface area (Å²) in [5.74, 6) is 2.42. The lowest BCUT2D eigenvalue weighted by atomic mass is 9.74. The average Bonchev–Trinajstić information content (AvgIpc) is 1.85. The van der Waals surface area contributed by atoms with Gasteiger partial charge in [-0.2, -0.15) is 0 Å². The Morgan fingerprint density at radius 3 is 2.36 bits per heavy atom. The van der Waals surface area contributed by atoms with Gasteiger partial charge in [0.15, 0.2) is 0 Å². The van der Waals surface area contributed by atoms with E-state index in [4.69, 9.17) is 5.73 Å². The third-order valence-corrected chi connectivity index (χ3v) is 3.07. The van der Waals surface area contributed by atoms with Crippen molar-refractivity contribution in [3.8, 4) is 0 Å². The summed E-state index contributed by atoms with van der Waals surface area (Å²) in [7, 11) is 0. The fourth-order valence-corrected chi connectivity index (χ4v) is 2.28. The first-order chi connectivity index (χ1) is 5.11. The second kappa shape index (κ2) is 3.57. The molecule has 0 aromatic heterocycles. The van der Waals surface area contributed by atoms with E-state index in [9.17, 15) is 0 Å². The number of hydrogen-bond donors (Lipinski definition) is 1. The molecule has 0 radical (unpaired) electrons. The highest BCUT2D eigenvalue weighted by Crippen LogP contribution is 2.31. The van der Waals surface area contributed by atoms with Crippen LogP contribution in [0.15, 0.2) is 0 Å². The SMILES string of the molecule is CC(C)C1CC[C@@H](C)C[C@@H]1N. The second-order valence-corrected chi connectivity index (χ2v) is 4.49. The standard InChI is InChI=1S/C10H21N/c1-7(2)9-5-4-8(3)6-10(9)11/h7-10H,4-6,11H2,1-3H3/t8-,9?,10+/m1/s1. The number of nitrogens with two attached hydrogens (primary N) is 1. The molecule has 0 heterocycles. The summed E-state index contributed by atoms with van der Waals surface area (Å²) in [5.41, 5.74) is 6.07. The minimum atomic E-state index is 0.471. The first kappa shape index (κ1) is 9.05. The molecule has 66 valence electrons. The fraction of sp³-hybridized carbons (Fsp3) is 1.00. The highest BCUT2D eigenvalue weighted by atomic mass is 14.7. The lowest BCUT2D eigenvalue weighted by Gasteiger charge is -2.34. The Morgan fingerprint density at radius 2 is 1.91 bits per heavy atom. The molecule has 0 spiro atoms. The Kier molecular flexibility index (Phi) is 2.94. The van der Waals surface area contributed by atoms with Crippen LogP contribution in [0.2, 0.25) is 0 Å². The molecular formula is C10H21N. The van der Waals surface area contributed by atoms with Crippen molar-refractivity contribution >= 4 is 0 Å². The third kappa shape index (κ3) is 2.19. The first-order valence-corrected chi connectivity index (χ1v) is 4.87. The van der Waals surface area contributed by atoms with E-state index in [-0.39, 0.29) is 0 Å². The van der Waals surface area contributed by atoms with E-state index in [2.05, 4.69) is 20.8 Å². The zero-order valence-electron chi connectivity index (χ0n) is 8.01. The van der Waals surface area contributed by atoms with Crippen molar-refractivity contribution in [1.82, 2.24) is 0 Å². The third-order valence-electron chi connectivity index (χ3n) is 3.07. The van der Waals surface area contributed by atoms with Gasteiger partial charge in [0.25, 0.3) is 0 Å². The molecule has 0 aromatic rings. The summed E-state index contributed by atoms with van der Waals surface area (Å²) in [6.07, 6.45) is 3.97. The Balaban J connectivity index is 2.44. The van der Waals surface area contributed by atoms with E-state index in [0.717, 1.165) is 17.8 Å². The van der Waals surface area contributed by atoms with Crippen LogP contribution in [0.25, 0.3) is 0 Å². The fourth-order valence-electron chi connectivity index (χ4n) is 2.28. The minimum Gasteiger partial charge on any atom is -0.327 e. The van der Waals surface area contributed by atoms with Crippen molar-refractivity contribution in [3.63, 3.8) is 0 Å². The quantitative estimate of drug-likeness (QED) is 0.618. The lowest BCUT2D eigenvalue weighted by molar-refractivity contribution is 0.199. The van der Waals surface area contributed by atoms with Crippen LogP contribution in [0.4, 0.5) is 0 Å². The Hall–Kier alpha value is -0.0400. The van der Waals surface area contributed by atoms with E-state index in [0.29, 0.717) is 6.04 Å². The van der Waals surface area contributed by atoms with Crippen LogP contribution in [0, 0.1) is 17.8 Å². The Bertz CT molecular complexity index is 120. The van der Waals surface area contributed by atoms with Crippen LogP contribution in [0.5, 0.6) is 0 Å². The van der Waals surface area contributed by atoms with E-state index in [1.54, 1.807) is 0 Å². The molecule has 1 unspecified atom stereocenters. The minimum absolute atomic E-state index is 0.471. The lowest BCUT2D eigenvalue weighted by Crippen LogP contribution is -2.38. The molecule has 2 N–H and O–H groups in total. The second-order valence-electron chi connectivity index (χ2n) is 4.49. The molecule has 0 aliphatic heterocycles. The normalized spacial score (nSPS) is 39.5. The smallest absolute Gasteiger partial charge is 0.00721 e. The van der Waals surface area contributed by atoms with E-state index < -0.39 is 0 Å². The molecule has 0 aromatic carbocycles. The maximum absolute atomic E-state index is 6.07. The largest absolute Gasteiger partial charge is 0.327 e. The molecule has 1 nitrogen and oxygen atoms in total. The summed E-state index contributed by atoms with van der Waals surface area (Å²) >= 11 is 0. The number of rotatable bonds is 1. The molecule has 1 fully saturated rings. The predicted octanol–water partition coefficient (Wildman–Crippen LogP) is 2.41. The van der Waals surface area contributed by atoms with Crippen LogP contribution < -0.4 is 5.73 Å². The van der Waals surface area contributed by atoms with Gasteiger partial charge in [-0.15, -0.1) is 0 Å². The molecule has 1 heteroatoms. The molecule has 1 saturated carbocycles. The van der Waals surface area contributed by atoms with Gasteiger partial charge < -0.3 is 5.73 Å². The topological polar surface area (TPSA) is 26.0 Å².